The van der Waals surface area contributed by atoms with E-state index in [2.05, 4.69) is 43.3 Å². The lowest BCUT2D eigenvalue weighted by molar-refractivity contribution is -0.461. The molecule has 4 aliphatic heterocycles. The number of piperazine rings is 1. The molecule has 44 heavy (non-hydrogen) atoms. The number of H-pyrrole nitrogens is 1. The van der Waals surface area contributed by atoms with Crippen molar-refractivity contribution in [2.75, 3.05) is 20.1 Å². The molecule has 3 fully saturated rings. The summed E-state index contributed by atoms with van der Waals surface area (Å²) in [6.07, 6.45) is 4.39. The number of carbonyl (C=O) groups excluding carboxylic acids is 3. The number of rotatable bonds is 6. The lowest BCUT2D eigenvalue weighted by Crippen LogP contribution is -2.72. The van der Waals surface area contributed by atoms with Crippen molar-refractivity contribution in [1.82, 2.24) is 25.0 Å². The van der Waals surface area contributed by atoms with E-state index in [-0.39, 0.29) is 23.8 Å². The molecule has 2 aromatic rings. The molecule has 12 heteroatoms. The number of likely N-dealkylation sites (N-methyl/N-ethyl adjacent to an activating group) is 1. The van der Waals surface area contributed by atoms with Crippen LogP contribution in [0, 0.1) is 17.8 Å². The van der Waals surface area contributed by atoms with E-state index < -0.39 is 41.5 Å². The van der Waals surface area contributed by atoms with Crippen LogP contribution >= 0.6 is 15.9 Å². The number of nitrogens with one attached hydrogen (secondary N) is 2. The van der Waals surface area contributed by atoms with E-state index in [1.54, 1.807) is 18.7 Å². The fraction of sp³-hybridized carbons (Fsp3) is 0.594. The first-order valence-electron chi connectivity index (χ1n) is 15.6. The summed E-state index contributed by atoms with van der Waals surface area (Å²) < 4.78 is 7.54. The summed E-state index contributed by atoms with van der Waals surface area (Å²) >= 11 is 3.70. The number of ether oxygens (including phenoxy) is 1. The highest BCUT2D eigenvalue weighted by atomic mass is 79.9. The van der Waals surface area contributed by atoms with Crippen LogP contribution in [0.3, 0.4) is 0 Å². The number of benzene rings is 1. The van der Waals surface area contributed by atoms with Gasteiger partial charge in [-0.1, -0.05) is 45.9 Å². The van der Waals surface area contributed by atoms with Gasteiger partial charge in [-0.15, -0.1) is 0 Å². The number of hydrogen-bond acceptors (Lipinski definition) is 7. The van der Waals surface area contributed by atoms with Gasteiger partial charge in [-0.2, -0.15) is 4.89 Å². The molecule has 1 aromatic heterocycles. The second-order valence-electron chi connectivity index (χ2n) is 13.7. The maximum atomic E-state index is 14.6. The van der Waals surface area contributed by atoms with E-state index in [0.717, 1.165) is 33.1 Å². The van der Waals surface area contributed by atoms with E-state index in [0.29, 0.717) is 32.4 Å². The van der Waals surface area contributed by atoms with Gasteiger partial charge in [0, 0.05) is 36.0 Å². The Hall–Kier alpha value is -2.77. The Kier molecular flexibility index (Phi) is 7.06. The number of nitrogens with zero attached hydrogens (tertiary/aromatic N) is 3. The van der Waals surface area contributed by atoms with Gasteiger partial charge in [-0.25, -0.2) is 5.26 Å². The predicted molar refractivity (Wildman–Crippen MR) is 166 cm³/mol. The van der Waals surface area contributed by atoms with Gasteiger partial charge in [0.25, 0.3) is 5.91 Å². The van der Waals surface area contributed by atoms with Gasteiger partial charge >= 0.3 is 5.91 Å². The van der Waals surface area contributed by atoms with Crippen molar-refractivity contribution < 1.29 is 29.3 Å². The van der Waals surface area contributed by atoms with Gasteiger partial charge in [0.1, 0.15) is 12.1 Å². The van der Waals surface area contributed by atoms with Crippen molar-refractivity contribution in [3.63, 3.8) is 0 Å². The van der Waals surface area contributed by atoms with Gasteiger partial charge < -0.3 is 15.2 Å². The second-order valence-corrected chi connectivity index (χ2v) is 14.5. The highest BCUT2D eigenvalue weighted by molar-refractivity contribution is 9.10. The highest BCUT2D eigenvalue weighted by Crippen LogP contribution is 2.50. The third-order valence-corrected chi connectivity index (χ3v) is 11.0. The summed E-state index contributed by atoms with van der Waals surface area (Å²) in [7, 11) is 2.02. The number of amides is 3. The van der Waals surface area contributed by atoms with Gasteiger partial charge in [0.2, 0.25) is 17.5 Å². The molecule has 6 atom stereocenters. The topological polar surface area (TPSA) is 127 Å². The normalized spacial score (nSPS) is 33.2. The first-order chi connectivity index (χ1) is 20.9. The van der Waals surface area contributed by atoms with Crippen molar-refractivity contribution in [1.29, 1.82) is 0 Å². The minimum Gasteiger partial charge on any atom is -0.349 e. The SMILES string of the molecule is CC(C)C[C@H]1C(=O)N2CCC[C@H]2[C@@]2(OO)O[C@](NC(=O)[C@@H]3C=C4c5cccc6[nH]c(Br)c(c56)C[C@H]4N(C)C3)(C(C)C)C(=O)N12. The second kappa shape index (κ2) is 10.4. The molecule has 0 saturated carbocycles. The van der Waals surface area contributed by atoms with Gasteiger partial charge in [0.15, 0.2) is 0 Å². The van der Waals surface area contributed by atoms with Gasteiger partial charge in [-0.05, 0) is 77.3 Å². The van der Waals surface area contributed by atoms with Crippen LogP contribution in [-0.4, -0.2) is 92.6 Å². The molecule has 0 unspecified atom stereocenters. The molecule has 236 valence electrons. The van der Waals surface area contributed by atoms with Crippen molar-refractivity contribution in [3.05, 3.63) is 40.0 Å². The van der Waals surface area contributed by atoms with Crippen molar-refractivity contribution in [2.45, 2.75) is 83.1 Å². The van der Waals surface area contributed by atoms with Crippen molar-refractivity contribution in [2.24, 2.45) is 17.8 Å². The molecule has 3 saturated heterocycles. The summed E-state index contributed by atoms with van der Waals surface area (Å²) in [5.74, 6) is -4.05. The first kappa shape index (κ1) is 29.9. The third kappa shape index (κ3) is 4.03. The average Bonchev–Trinajstić information content (AvgIpc) is 3.67. The average molecular weight is 671 g/mol. The van der Waals surface area contributed by atoms with E-state index in [4.69, 9.17) is 9.62 Å². The Balaban J connectivity index is 1.26. The molecule has 1 aliphatic carbocycles. The molecule has 11 nitrogen and oxygen atoms in total. The zero-order valence-electron chi connectivity index (χ0n) is 25.7. The largest absolute Gasteiger partial charge is 0.349 e. The highest BCUT2D eigenvalue weighted by Gasteiger charge is 2.73. The molecular formula is C32H40BrN5O6. The molecule has 3 amide bonds. The maximum Gasteiger partial charge on any atom is 0.307 e. The molecular weight excluding hydrogens is 630 g/mol. The smallest absolute Gasteiger partial charge is 0.307 e. The molecule has 0 spiro atoms. The predicted octanol–water partition coefficient (Wildman–Crippen LogP) is 3.69. The van der Waals surface area contributed by atoms with E-state index >= 15 is 0 Å². The van der Waals surface area contributed by atoms with E-state index in [1.807, 2.05) is 33.0 Å². The summed E-state index contributed by atoms with van der Waals surface area (Å²) in [6, 6.07) is 4.69. The van der Waals surface area contributed by atoms with Crippen LogP contribution in [0.4, 0.5) is 0 Å². The third-order valence-electron chi connectivity index (χ3n) is 10.4. The van der Waals surface area contributed by atoms with Crippen LogP contribution in [0.1, 0.15) is 58.1 Å². The number of carbonyl (C=O) groups is 3. The zero-order chi connectivity index (χ0) is 31.3. The minimum atomic E-state index is -1.91. The van der Waals surface area contributed by atoms with Crippen LogP contribution in [0.15, 0.2) is 28.9 Å². The van der Waals surface area contributed by atoms with Crippen molar-refractivity contribution >= 4 is 50.1 Å². The first-order valence-corrected chi connectivity index (χ1v) is 16.4. The van der Waals surface area contributed by atoms with Crippen LogP contribution in [0.5, 0.6) is 0 Å². The number of halogens is 1. The molecule has 5 aliphatic rings. The summed E-state index contributed by atoms with van der Waals surface area (Å²) in [5.41, 5.74) is 2.60. The Morgan fingerprint density at radius 3 is 2.75 bits per heavy atom. The number of hydrogen-bond donors (Lipinski definition) is 3. The summed E-state index contributed by atoms with van der Waals surface area (Å²) in [5, 5.41) is 14.6. The fourth-order valence-corrected chi connectivity index (χ4v) is 8.82. The van der Waals surface area contributed by atoms with Crippen molar-refractivity contribution in [3.8, 4) is 0 Å². The summed E-state index contributed by atoms with van der Waals surface area (Å²) in [4.78, 5) is 56.2. The van der Waals surface area contributed by atoms with Crippen LogP contribution in [0.25, 0.3) is 16.5 Å². The number of fused-ring (bicyclic) bond motifs is 5. The molecule has 0 radical (unpaired) electrons. The lowest BCUT2D eigenvalue weighted by Gasteiger charge is -2.49. The number of aromatic amines is 1. The van der Waals surface area contributed by atoms with Crippen LogP contribution in [-0.2, 0) is 30.4 Å². The van der Waals surface area contributed by atoms with Gasteiger partial charge in [-0.3, -0.25) is 28.9 Å². The zero-order valence-corrected chi connectivity index (χ0v) is 27.3. The van der Waals surface area contributed by atoms with Gasteiger partial charge in [0.05, 0.1) is 10.5 Å². The summed E-state index contributed by atoms with van der Waals surface area (Å²) in [6.45, 7) is 8.48. The fourth-order valence-electron chi connectivity index (χ4n) is 8.24. The Morgan fingerprint density at radius 2 is 2.05 bits per heavy atom. The standard InChI is InChI=1S/C32H40BrN5O6/c1-16(2)12-24-29(40)37-11-7-10-25(37)32(44-42)38(24)30(41)31(43-32,17(3)4)35-28(39)18-13-20-19-8-6-9-22-26(19)21(27(33)34-22)14-23(20)36(5)15-18/h6,8-9,13,16-18,23-25,34,42H,7,10-12,14-15H2,1-5H3,(H,35,39)/t18-,23-,24+,25+,31-,32+/m1/s1. The minimum absolute atomic E-state index is 0.0781. The van der Waals surface area contributed by atoms with E-state index in [1.165, 1.54) is 10.5 Å². The van der Waals surface area contributed by atoms with Crippen LogP contribution < -0.4 is 5.32 Å². The monoisotopic (exact) mass is 669 g/mol. The quantitative estimate of drug-likeness (QED) is 0.316. The number of aromatic nitrogens is 1. The lowest BCUT2D eigenvalue weighted by atomic mass is 9.79. The molecule has 0 bridgehead atoms. The Bertz CT molecular complexity index is 1590. The Morgan fingerprint density at radius 1 is 1.27 bits per heavy atom. The maximum absolute atomic E-state index is 14.6. The van der Waals surface area contributed by atoms with Crippen LogP contribution in [0.2, 0.25) is 0 Å². The molecule has 1 aromatic carbocycles. The molecule has 7 rings (SSSR count). The Labute approximate surface area is 264 Å². The molecule has 5 heterocycles. The molecule has 3 N–H and O–H groups in total. The van der Waals surface area contributed by atoms with E-state index in [9.17, 15) is 19.6 Å².